The van der Waals surface area contributed by atoms with E-state index in [1.165, 1.54) is 24.3 Å². The standard InChI is InChI=1S/C27H29ClF2N2O3S/c1-18(2)17-31-27(33)15-8-20-6-4-5-7-24(20)19(3)32(26-16-22(29)11-14-25(26)30)36(34,35)23-12-9-21(28)10-13-23/h4-7,9-14,16,18-19H,8,15,17H2,1-3H3,(H,31,33)/t19-/m1/s1. The summed E-state index contributed by atoms with van der Waals surface area (Å²) in [6.45, 7) is 6.16. The van der Waals surface area contributed by atoms with E-state index in [-0.39, 0.29) is 17.2 Å². The molecule has 0 aliphatic heterocycles. The molecule has 0 unspecified atom stereocenters. The fourth-order valence-corrected chi connectivity index (χ4v) is 5.63. The van der Waals surface area contributed by atoms with E-state index in [2.05, 4.69) is 5.32 Å². The Labute approximate surface area is 216 Å². The zero-order valence-corrected chi connectivity index (χ0v) is 21.9. The minimum atomic E-state index is -4.33. The van der Waals surface area contributed by atoms with Gasteiger partial charge in [-0.25, -0.2) is 17.2 Å². The highest BCUT2D eigenvalue weighted by molar-refractivity contribution is 7.92. The molecular formula is C27H29ClF2N2O3S. The molecule has 1 amide bonds. The van der Waals surface area contributed by atoms with E-state index in [0.29, 0.717) is 29.5 Å². The van der Waals surface area contributed by atoms with Crippen molar-refractivity contribution in [3.63, 3.8) is 0 Å². The highest BCUT2D eigenvalue weighted by Crippen LogP contribution is 2.37. The minimum Gasteiger partial charge on any atom is -0.356 e. The van der Waals surface area contributed by atoms with Crippen LogP contribution in [0.1, 0.15) is 44.4 Å². The number of nitrogens with one attached hydrogen (secondary N) is 1. The molecule has 0 spiro atoms. The third-order valence-electron chi connectivity index (χ3n) is 5.70. The number of anilines is 1. The lowest BCUT2D eigenvalue weighted by Gasteiger charge is -2.32. The molecule has 0 heterocycles. The first-order valence-electron chi connectivity index (χ1n) is 11.6. The Balaban J connectivity index is 2.04. The van der Waals surface area contributed by atoms with Crippen molar-refractivity contribution in [1.82, 2.24) is 5.32 Å². The molecule has 3 aromatic rings. The second kappa shape index (κ2) is 11.8. The molecule has 1 atom stereocenters. The fraction of sp³-hybridized carbons (Fsp3) is 0.296. The van der Waals surface area contributed by atoms with Crippen molar-refractivity contribution in [2.45, 2.75) is 44.6 Å². The molecule has 5 nitrogen and oxygen atoms in total. The van der Waals surface area contributed by atoms with Crippen LogP contribution >= 0.6 is 11.6 Å². The van der Waals surface area contributed by atoms with E-state index < -0.39 is 33.4 Å². The molecule has 0 fully saturated rings. The number of sulfonamides is 1. The Morgan fingerprint density at radius 2 is 1.67 bits per heavy atom. The molecule has 0 aliphatic rings. The van der Waals surface area contributed by atoms with Crippen LogP contribution in [0.5, 0.6) is 0 Å². The lowest BCUT2D eigenvalue weighted by atomic mass is 9.97. The number of hydrogen-bond acceptors (Lipinski definition) is 3. The Hall–Kier alpha value is -2.97. The molecule has 36 heavy (non-hydrogen) atoms. The lowest BCUT2D eigenvalue weighted by molar-refractivity contribution is -0.121. The van der Waals surface area contributed by atoms with Crippen LogP contribution in [0.4, 0.5) is 14.5 Å². The first kappa shape index (κ1) is 27.6. The van der Waals surface area contributed by atoms with Gasteiger partial charge in [-0.3, -0.25) is 9.10 Å². The molecule has 192 valence electrons. The van der Waals surface area contributed by atoms with Gasteiger partial charge < -0.3 is 5.32 Å². The number of nitrogens with zero attached hydrogens (tertiary/aromatic N) is 1. The number of benzene rings is 3. The van der Waals surface area contributed by atoms with E-state index in [9.17, 15) is 22.0 Å². The van der Waals surface area contributed by atoms with Crippen LogP contribution in [0.25, 0.3) is 0 Å². The normalized spacial score (nSPS) is 12.4. The summed E-state index contributed by atoms with van der Waals surface area (Å²) in [5.41, 5.74) is 0.898. The van der Waals surface area contributed by atoms with Crippen LogP contribution < -0.4 is 9.62 Å². The van der Waals surface area contributed by atoms with Gasteiger partial charge >= 0.3 is 0 Å². The third-order valence-corrected chi connectivity index (χ3v) is 7.85. The average Bonchev–Trinajstić information content (AvgIpc) is 2.84. The van der Waals surface area contributed by atoms with Crippen LogP contribution in [0.15, 0.2) is 71.6 Å². The van der Waals surface area contributed by atoms with Gasteiger partial charge in [0.2, 0.25) is 5.91 Å². The van der Waals surface area contributed by atoms with Crippen LogP contribution in [0.3, 0.4) is 0 Å². The van der Waals surface area contributed by atoms with Crippen molar-refractivity contribution in [2.75, 3.05) is 10.8 Å². The molecule has 0 radical (unpaired) electrons. The Morgan fingerprint density at radius 3 is 2.33 bits per heavy atom. The predicted molar refractivity (Wildman–Crippen MR) is 139 cm³/mol. The maximum atomic E-state index is 15.0. The Morgan fingerprint density at radius 1 is 1.00 bits per heavy atom. The second-order valence-corrected chi connectivity index (χ2v) is 11.2. The lowest BCUT2D eigenvalue weighted by Crippen LogP contribution is -2.35. The topological polar surface area (TPSA) is 66.5 Å². The molecular weight excluding hydrogens is 506 g/mol. The van der Waals surface area contributed by atoms with Gasteiger partial charge in [0.05, 0.1) is 16.6 Å². The van der Waals surface area contributed by atoms with Crippen molar-refractivity contribution in [3.8, 4) is 0 Å². The van der Waals surface area contributed by atoms with E-state index in [4.69, 9.17) is 11.6 Å². The Bertz CT molecular complexity index is 1310. The molecule has 0 aromatic heterocycles. The first-order valence-corrected chi connectivity index (χ1v) is 13.4. The molecule has 1 N–H and O–H groups in total. The number of rotatable bonds is 10. The van der Waals surface area contributed by atoms with Crippen LogP contribution in [0, 0.1) is 17.6 Å². The van der Waals surface area contributed by atoms with Crippen LogP contribution in [-0.4, -0.2) is 20.9 Å². The van der Waals surface area contributed by atoms with Gasteiger partial charge in [0.15, 0.2) is 0 Å². The van der Waals surface area contributed by atoms with Gasteiger partial charge in [0, 0.05) is 24.1 Å². The summed E-state index contributed by atoms with van der Waals surface area (Å²) in [4.78, 5) is 12.2. The molecule has 9 heteroatoms. The van der Waals surface area contributed by atoms with Crippen molar-refractivity contribution in [3.05, 3.63) is 94.5 Å². The van der Waals surface area contributed by atoms with Crippen molar-refractivity contribution in [2.24, 2.45) is 5.92 Å². The zero-order valence-electron chi connectivity index (χ0n) is 20.3. The number of carbonyl (C=O) groups excluding carboxylic acids is 1. The van der Waals surface area contributed by atoms with Crippen molar-refractivity contribution < 1.29 is 22.0 Å². The van der Waals surface area contributed by atoms with Crippen LogP contribution in [-0.2, 0) is 21.2 Å². The molecule has 0 saturated heterocycles. The molecule has 3 rings (SSSR count). The van der Waals surface area contributed by atoms with E-state index >= 15 is 0 Å². The van der Waals surface area contributed by atoms with Crippen molar-refractivity contribution >= 4 is 33.2 Å². The third kappa shape index (κ3) is 6.62. The highest BCUT2D eigenvalue weighted by Gasteiger charge is 2.33. The second-order valence-electron chi connectivity index (χ2n) is 8.92. The summed E-state index contributed by atoms with van der Waals surface area (Å²) in [6.07, 6.45) is 0.555. The summed E-state index contributed by atoms with van der Waals surface area (Å²) >= 11 is 5.93. The highest BCUT2D eigenvalue weighted by atomic mass is 35.5. The maximum absolute atomic E-state index is 15.0. The van der Waals surface area contributed by atoms with Gasteiger partial charge in [-0.15, -0.1) is 0 Å². The first-order chi connectivity index (χ1) is 17.0. The monoisotopic (exact) mass is 534 g/mol. The van der Waals surface area contributed by atoms with Gasteiger partial charge in [-0.1, -0.05) is 49.7 Å². The number of hydrogen-bond donors (Lipinski definition) is 1. The Kier molecular flexibility index (Phi) is 9.08. The minimum absolute atomic E-state index is 0.118. The van der Waals surface area contributed by atoms with Crippen molar-refractivity contribution in [1.29, 1.82) is 0 Å². The molecule has 0 bridgehead atoms. The zero-order chi connectivity index (χ0) is 26.5. The number of halogens is 3. The van der Waals surface area contributed by atoms with Gasteiger partial charge in [-0.2, -0.15) is 0 Å². The fourth-order valence-electron chi connectivity index (χ4n) is 3.87. The molecule has 3 aromatic carbocycles. The summed E-state index contributed by atoms with van der Waals surface area (Å²) in [5.74, 6) is -1.46. The average molecular weight is 535 g/mol. The summed E-state index contributed by atoms with van der Waals surface area (Å²) < 4.78 is 57.6. The molecule has 0 aliphatic carbocycles. The summed E-state index contributed by atoms with van der Waals surface area (Å²) in [6, 6.07) is 14.3. The van der Waals surface area contributed by atoms with E-state index in [0.717, 1.165) is 28.1 Å². The number of amides is 1. The van der Waals surface area contributed by atoms with Crippen LogP contribution in [0.2, 0.25) is 5.02 Å². The smallest absolute Gasteiger partial charge is 0.264 e. The number of carbonyl (C=O) groups is 1. The van der Waals surface area contributed by atoms with E-state index in [1.54, 1.807) is 31.2 Å². The van der Waals surface area contributed by atoms with Gasteiger partial charge in [0.25, 0.3) is 10.0 Å². The summed E-state index contributed by atoms with van der Waals surface area (Å²) in [5, 5.41) is 3.21. The number of aryl methyl sites for hydroxylation is 1. The maximum Gasteiger partial charge on any atom is 0.264 e. The van der Waals surface area contributed by atoms with E-state index in [1.807, 2.05) is 13.8 Å². The largest absolute Gasteiger partial charge is 0.356 e. The van der Waals surface area contributed by atoms with Gasteiger partial charge in [-0.05, 0) is 66.8 Å². The molecule has 0 saturated carbocycles. The predicted octanol–water partition coefficient (Wildman–Crippen LogP) is 6.28. The quantitative estimate of drug-likeness (QED) is 0.333. The SMILES string of the molecule is CC(C)CNC(=O)CCc1ccccc1[C@@H](C)N(c1cc(F)ccc1F)S(=O)(=O)c1ccc(Cl)cc1. The van der Waals surface area contributed by atoms with Gasteiger partial charge in [0.1, 0.15) is 11.6 Å². The summed E-state index contributed by atoms with van der Waals surface area (Å²) in [7, 11) is -4.33.